The predicted octanol–water partition coefficient (Wildman–Crippen LogP) is 5.40. The van der Waals surface area contributed by atoms with Gasteiger partial charge in [0.2, 0.25) is 5.91 Å². The van der Waals surface area contributed by atoms with Crippen molar-refractivity contribution in [2.45, 2.75) is 18.7 Å². The topological polar surface area (TPSA) is 62.8 Å². The highest BCUT2D eigenvalue weighted by Gasteiger charge is 2.59. The van der Waals surface area contributed by atoms with Crippen molar-refractivity contribution in [2.75, 3.05) is 17.3 Å². The molecule has 2 bridgehead atoms. The second kappa shape index (κ2) is 8.56. The van der Waals surface area contributed by atoms with Crippen LogP contribution in [0.4, 0.5) is 15.8 Å². The molecular formula is C25H21BrFN3O3S. The van der Waals surface area contributed by atoms with Crippen molar-refractivity contribution in [3.05, 3.63) is 82.6 Å². The molecule has 0 spiro atoms. The smallest absolute Gasteiger partial charge is 0.236 e. The molecule has 2 aliphatic heterocycles. The molecular weight excluding hydrogens is 521 g/mol. The van der Waals surface area contributed by atoms with E-state index in [-0.39, 0.29) is 11.7 Å². The average Bonchev–Trinajstić information content (AvgIpc) is 2.81. The van der Waals surface area contributed by atoms with E-state index in [1.807, 2.05) is 25.1 Å². The second-order valence-corrected chi connectivity index (χ2v) is 9.58. The third-order valence-corrected chi connectivity index (χ3v) is 6.98. The zero-order chi connectivity index (χ0) is 24.0. The van der Waals surface area contributed by atoms with E-state index in [0.29, 0.717) is 28.0 Å². The number of amides is 1. The molecule has 34 heavy (non-hydrogen) atoms. The van der Waals surface area contributed by atoms with Gasteiger partial charge in [-0.25, -0.2) is 4.39 Å². The Morgan fingerprint density at radius 1 is 1.18 bits per heavy atom. The summed E-state index contributed by atoms with van der Waals surface area (Å²) in [6, 6.07) is 18.3. The van der Waals surface area contributed by atoms with Gasteiger partial charge in [0.15, 0.2) is 10.8 Å². The lowest BCUT2D eigenvalue weighted by atomic mass is 9.78. The summed E-state index contributed by atoms with van der Waals surface area (Å²) in [4.78, 5) is 15.5. The molecule has 3 aromatic carbocycles. The molecule has 0 aromatic heterocycles. The fraction of sp³-hybridized carbons (Fsp3) is 0.200. The van der Waals surface area contributed by atoms with Crippen molar-refractivity contribution >= 4 is 50.5 Å². The van der Waals surface area contributed by atoms with Crippen LogP contribution in [0, 0.1) is 11.7 Å². The minimum Gasteiger partial charge on any atom is -0.497 e. The van der Waals surface area contributed by atoms with Gasteiger partial charge in [0.05, 0.1) is 13.2 Å². The van der Waals surface area contributed by atoms with E-state index in [1.165, 1.54) is 12.1 Å². The first-order valence-electron chi connectivity index (χ1n) is 10.6. The number of nitrogens with one attached hydrogen (secondary N) is 2. The SMILES string of the molecule is COc1ccc(NC(=O)C2C3NC(=S)N(c4ccc(F)cc4)C2(C)Oc2ccc(Br)cc23)cc1. The highest BCUT2D eigenvalue weighted by Crippen LogP contribution is 2.50. The summed E-state index contributed by atoms with van der Waals surface area (Å²) in [5.74, 6) is 0.0252. The number of carbonyl (C=O) groups excluding carboxylic acids is 1. The molecule has 3 aromatic rings. The van der Waals surface area contributed by atoms with Crippen LogP contribution in [0.15, 0.2) is 71.2 Å². The first-order chi connectivity index (χ1) is 16.3. The van der Waals surface area contributed by atoms with Crippen molar-refractivity contribution in [3.8, 4) is 11.5 Å². The van der Waals surface area contributed by atoms with Crippen LogP contribution in [-0.2, 0) is 4.79 Å². The molecule has 2 heterocycles. The van der Waals surface area contributed by atoms with Gasteiger partial charge in [-0.3, -0.25) is 9.69 Å². The maximum Gasteiger partial charge on any atom is 0.236 e. The van der Waals surface area contributed by atoms with Gasteiger partial charge in [-0.15, -0.1) is 0 Å². The average molecular weight is 542 g/mol. The van der Waals surface area contributed by atoms with Crippen molar-refractivity contribution in [1.29, 1.82) is 0 Å². The Balaban J connectivity index is 1.59. The van der Waals surface area contributed by atoms with E-state index in [0.717, 1.165) is 10.0 Å². The van der Waals surface area contributed by atoms with Crippen molar-refractivity contribution in [1.82, 2.24) is 5.32 Å². The van der Waals surface area contributed by atoms with Gasteiger partial charge in [-0.1, -0.05) is 15.9 Å². The number of hydrogen-bond acceptors (Lipinski definition) is 4. The summed E-state index contributed by atoms with van der Waals surface area (Å²) in [5, 5.41) is 6.73. The molecule has 5 rings (SSSR count). The monoisotopic (exact) mass is 541 g/mol. The molecule has 174 valence electrons. The molecule has 1 saturated heterocycles. The fourth-order valence-electron chi connectivity index (χ4n) is 4.63. The Labute approximate surface area is 210 Å². The Kier molecular flexibility index (Phi) is 5.69. The van der Waals surface area contributed by atoms with Gasteiger partial charge >= 0.3 is 0 Å². The summed E-state index contributed by atoms with van der Waals surface area (Å²) in [5.41, 5.74) is 0.885. The first-order valence-corrected chi connectivity index (χ1v) is 11.8. The van der Waals surface area contributed by atoms with Gasteiger partial charge in [0.1, 0.15) is 23.2 Å². The van der Waals surface area contributed by atoms with Gasteiger partial charge in [0.25, 0.3) is 0 Å². The maximum absolute atomic E-state index is 13.8. The van der Waals surface area contributed by atoms with Crippen LogP contribution in [0.5, 0.6) is 11.5 Å². The molecule has 1 fully saturated rings. The second-order valence-electron chi connectivity index (χ2n) is 8.27. The van der Waals surface area contributed by atoms with E-state index in [1.54, 1.807) is 48.4 Å². The Morgan fingerprint density at radius 3 is 2.56 bits per heavy atom. The molecule has 3 unspecified atom stereocenters. The summed E-state index contributed by atoms with van der Waals surface area (Å²) >= 11 is 9.22. The number of methoxy groups -OCH3 is 1. The van der Waals surface area contributed by atoms with E-state index >= 15 is 0 Å². The first kappa shape index (κ1) is 22.6. The van der Waals surface area contributed by atoms with Crippen LogP contribution in [-0.4, -0.2) is 23.9 Å². The third kappa shape index (κ3) is 3.78. The zero-order valence-electron chi connectivity index (χ0n) is 18.3. The summed E-state index contributed by atoms with van der Waals surface area (Å²) in [6.07, 6.45) is 0. The van der Waals surface area contributed by atoms with Gasteiger partial charge in [0, 0.05) is 21.4 Å². The number of nitrogens with zero attached hydrogens (tertiary/aromatic N) is 1. The quantitative estimate of drug-likeness (QED) is 0.431. The minimum atomic E-state index is -1.18. The predicted molar refractivity (Wildman–Crippen MR) is 136 cm³/mol. The largest absolute Gasteiger partial charge is 0.497 e. The fourth-order valence-corrected chi connectivity index (χ4v) is 5.42. The number of halogens is 2. The third-order valence-electron chi connectivity index (χ3n) is 6.18. The highest BCUT2D eigenvalue weighted by molar-refractivity contribution is 9.10. The number of thiocarbonyl (C=S) groups is 1. The standard InChI is InChI=1S/C25H21BrFN3O3S/c1-25-21(23(31)28-16-6-10-18(32-2)11-7-16)22(19-13-14(26)3-12-20(19)33-25)29-24(34)30(25)17-8-4-15(27)5-9-17/h3-13,21-22H,1-2H3,(H,28,31)(H,29,34). The normalized spacial score (nSPS) is 22.8. The highest BCUT2D eigenvalue weighted by atomic mass is 79.9. The van der Waals surface area contributed by atoms with Gasteiger partial charge in [-0.05, 0) is 85.9 Å². The number of fused-ring (bicyclic) bond motifs is 4. The van der Waals surface area contributed by atoms with Crippen LogP contribution in [0.1, 0.15) is 18.5 Å². The van der Waals surface area contributed by atoms with Crippen molar-refractivity contribution in [3.63, 3.8) is 0 Å². The molecule has 0 saturated carbocycles. The molecule has 0 radical (unpaired) electrons. The van der Waals surface area contributed by atoms with Crippen LogP contribution < -0.4 is 25.0 Å². The number of rotatable bonds is 4. The Hall–Kier alpha value is -3.17. The van der Waals surface area contributed by atoms with Crippen LogP contribution >= 0.6 is 28.1 Å². The summed E-state index contributed by atoms with van der Waals surface area (Å²) in [6.45, 7) is 1.83. The molecule has 9 heteroatoms. The maximum atomic E-state index is 13.8. The van der Waals surface area contributed by atoms with Gasteiger partial charge < -0.3 is 20.1 Å². The summed E-state index contributed by atoms with van der Waals surface area (Å²) < 4.78 is 26.3. The lowest BCUT2D eigenvalue weighted by Crippen LogP contribution is -2.72. The number of ether oxygens (including phenoxy) is 2. The minimum absolute atomic E-state index is 0.245. The summed E-state index contributed by atoms with van der Waals surface area (Å²) in [7, 11) is 1.59. The number of anilines is 2. The van der Waals surface area contributed by atoms with E-state index in [4.69, 9.17) is 21.7 Å². The molecule has 2 N–H and O–H groups in total. The van der Waals surface area contributed by atoms with E-state index in [9.17, 15) is 9.18 Å². The van der Waals surface area contributed by atoms with Gasteiger partial charge in [-0.2, -0.15) is 0 Å². The van der Waals surface area contributed by atoms with Crippen molar-refractivity contribution in [2.24, 2.45) is 5.92 Å². The van der Waals surface area contributed by atoms with Crippen LogP contribution in [0.2, 0.25) is 0 Å². The van der Waals surface area contributed by atoms with Crippen LogP contribution in [0.3, 0.4) is 0 Å². The Bertz CT molecular complexity index is 1270. The lowest BCUT2D eigenvalue weighted by Gasteiger charge is -2.56. The molecule has 6 nitrogen and oxygen atoms in total. The molecule has 2 aliphatic rings. The molecule has 1 amide bonds. The Morgan fingerprint density at radius 2 is 1.88 bits per heavy atom. The molecule has 0 aliphatic carbocycles. The lowest BCUT2D eigenvalue weighted by molar-refractivity contribution is -0.130. The number of hydrogen-bond donors (Lipinski definition) is 2. The van der Waals surface area contributed by atoms with E-state index < -0.39 is 17.7 Å². The molecule has 3 atom stereocenters. The van der Waals surface area contributed by atoms with Crippen molar-refractivity contribution < 1.29 is 18.7 Å². The number of benzene rings is 3. The zero-order valence-corrected chi connectivity index (χ0v) is 20.7. The van der Waals surface area contributed by atoms with E-state index in [2.05, 4.69) is 26.6 Å². The number of carbonyl (C=O) groups is 1. The van der Waals surface area contributed by atoms with Crippen LogP contribution in [0.25, 0.3) is 0 Å².